The maximum Gasteiger partial charge on any atom is 0.269 e. The molecule has 0 spiro atoms. The predicted molar refractivity (Wildman–Crippen MR) is 191 cm³/mol. The Morgan fingerprint density at radius 1 is 0.574 bits per heavy atom. The first-order valence-corrected chi connectivity index (χ1v) is 15.7. The Hall–Kier alpha value is -6.06. The first-order valence-electron chi connectivity index (χ1n) is 14.9. The Labute approximate surface area is 277 Å². The van der Waals surface area contributed by atoms with Crippen molar-refractivity contribution in [2.24, 2.45) is 0 Å². The Balaban J connectivity index is 1.48. The molecule has 9 heteroatoms. The van der Waals surface area contributed by atoms with Crippen LogP contribution in [0.5, 0.6) is 11.5 Å². The average molecular weight is 679 g/mol. The number of nitro benzene ring substituents is 1. The van der Waals surface area contributed by atoms with Crippen molar-refractivity contribution in [1.82, 2.24) is 19.9 Å². The van der Waals surface area contributed by atoms with Gasteiger partial charge in [0.05, 0.1) is 31.8 Å². The smallest absolute Gasteiger partial charge is 0.269 e. The highest BCUT2D eigenvalue weighted by atomic mass is 79.9. The van der Waals surface area contributed by atoms with Gasteiger partial charge in [0.15, 0.2) is 5.75 Å². The van der Waals surface area contributed by atoms with E-state index in [1.165, 1.54) is 12.1 Å². The Kier molecular flexibility index (Phi) is 7.08. The van der Waals surface area contributed by atoms with Crippen LogP contribution in [0.2, 0.25) is 0 Å². The van der Waals surface area contributed by atoms with Gasteiger partial charge in [-0.2, -0.15) is 0 Å². The molecule has 0 amide bonds. The molecule has 2 aliphatic rings. The fourth-order valence-corrected chi connectivity index (χ4v) is 6.28. The molecule has 3 aromatic heterocycles. The van der Waals surface area contributed by atoms with Gasteiger partial charge < -0.3 is 14.7 Å². The summed E-state index contributed by atoms with van der Waals surface area (Å²) in [6.07, 6.45) is 7.76. The highest BCUT2D eigenvalue weighted by Gasteiger charge is 2.19. The lowest BCUT2D eigenvalue weighted by Gasteiger charge is -2.08. The highest BCUT2D eigenvalue weighted by molar-refractivity contribution is 9.10. The van der Waals surface area contributed by atoms with E-state index in [9.17, 15) is 10.1 Å². The van der Waals surface area contributed by atoms with E-state index in [1.807, 2.05) is 72.8 Å². The number of non-ortho nitro benzene ring substituents is 1. The molecule has 8 nitrogen and oxygen atoms in total. The minimum Gasteiger partial charge on any atom is -0.453 e. The lowest BCUT2D eigenvalue weighted by atomic mass is 10.0. The Morgan fingerprint density at radius 2 is 1.02 bits per heavy atom. The third kappa shape index (κ3) is 5.32. The molecule has 0 fully saturated rings. The minimum absolute atomic E-state index is 0.0218. The average Bonchev–Trinajstić information content (AvgIpc) is 3.93. The number of halogens is 1. The number of nitrogens with one attached hydrogen (secondary N) is 2. The van der Waals surface area contributed by atoms with Crippen molar-refractivity contribution in [2.75, 3.05) is 0 Å². The van der Waals surface area contributed by atoms with Crippen LogP contribution in [-0.2, 0) is 0 Å². The van der Waals surface area contributed by atoms with Gasteiger partial charge >= 0.3 is 0 Å². The van der Waals surface area contributed by atoms with Gasteiger partial charge in [-0.05, 0) is 87.8 Å². The summed E-state index contributed by atoms with van der Waals surface area (Å²) in [6, 6.07) is 34.4. The third-order valence-corrected chi connectivity index (χ3v) is 8.89. The number of fused-ring (bicyclic) bond motifs is 8. The van der Waals surface area contributed by atoms with Gasteiger partial charge in [0.25, 0.3) is 5.69 Å². The quantitative estimate of drug-likeness (QED) is 0.139. The third-order valence-electron chi connectivity index (χ3n) is 8.03. The maximum atomic E-state index is 11.3. The van der Waals surface area contributed by atoms with Gasteiger partial charge in [-0.25, -0.2) is 9.97 Å². The Bertz CT molecular complexity index is 2270. The zero-order valence-corrected chi connectivity index (χ0v) is 26.2. The first kappa shape index (κ1) is 28.4. The molecular formula is C38H24BrN5O3. The number of benzene rings is 3. The molecule has 0 aliphatic carbocycles. The largest absolute Gasteiger partial charge is 0.453 e. The minimum atomic E-state index is -0.435. The summed E-state index contributed by atoms with van der Waals surface area (Å²) in [6.45, 7) is 0. The normalized spacial score (nSPS) is 11.9. The van der Waals surface area contributed by atoms with Crippen molar-refractivity contribution >= 4 is 68.0 Å². The van der Waals surface area contributed by atoms with Crippen LogP contribution in [0.15, 0.2) is 114 Å². The summed E-state index contributed by atoms with van der Waals surface area (Å²) in [5.41, 5.74) is 10.1. The molecule has 3 aromatic carbocycles. The molecule has 5 heterocycles. The molecule has 0 atom stereocenters. The molecule has 8 bridgehead atoms. The van der Waals surface area contributed by atoms with Crippen molar-refractivity contribution < 1.29 is 9.66 Å². The lowest BCUT2D eigenvalue weighted by molar-refractivity contribution is -0.384. The van der Waals surface area contributed by atoms with Crippen LogP contribution >= 0.6 is 15.9 Å². The van der Waals surface area contributed by atoms with E-state index in [4.69, 9.17) is 14.7 Å². The first-order chi connectivity index (χ1) is 23.0. The fourth-order valence-electron chi connectivity index (χ4n) is 5.82. The van der Waals surface area contributed by atoms with Crippen LogP contribution in [-0.4, -0.2) is 24.9 Å². The van der Waals surface area contributed by atoms with Crippen LogP contribution < -0.4 is 4.74 Å². The predicted octanol–water partition coefficient (Wildman–Crippen LogP) is 10.5. The molecule has 0 radical (unpaired) electrons. The number of ether oxygens (including phenoxy) is 1. The molecule has 0 unspecified atom stereocenters. The van der Waals surface area contributed by atoms with E-state index in [0.29, 0.717) is 22.9 Å². The van der Waals surface area contributed by atoms with Crippen molar-refractivity contribution in [2.45, 2.75) is 0 Å². The number of hydrogen-bond donors (Lipinski definition) is 2. The van der Waals surface area contributed by atoms with Gasteiger partial charge in [-0.1, -0.05) is 60.7 Å². The molecule has 47 heavy (non-hydrogen) atoms. The number of hydrogen-bond acceptors (Lipinski definition) is 5. The molecule has 0 saturated heterocycles. The molecule has 226 valence electrons. The van der Waals surface area contributed by atoms with Gasteiger partial charge in [-0.15, -0.1) is 0 Å². The van der Waals surface area contributed by atoms with E-state index in [2.05, 4.69) is 62.3 Å². The second-order valence-corrected chi connectivity index (χ2v) is 11.8. The number of aromatic nitrogens is 4. The fraction of sp³-hybridized carbons (Fsp3) is 0. The second kappa shape index (κ2) is 11.7. The van der Waals surface area contributed by atoms with E-state index >= 15 is 0 Å². The molecule has 6 aromatic rings. The molecule has 2 N–H and O–H groups in total. The zero-order chi connectivity index (χ0) is 31.9. The summed E-state index contributed by atoms with van der Waals surface area (Å²) >= 11 is 3.85. The SMILES string of the molecule is O=[N+]([O-])c1ccc(Oc2c3nc(c(-c4ccccc4)c4ccc([nH]4)c(Br)c4ccc([nH]4)c(-c4ccccc4)c4nc2C=C4)C=C3)cc1. The van der Waals surface area contributed by atoms with Crippen molar-refractivity contribution in [3.8, 4) is 33.8 Å². The van der Waals surface area contributed by atoms with Crippen LogP contribution in [0.25, 0.3) is 68.6 Å². The standard InChI is InChI=1S/C38H24BrN5O3/c39-37-31-19-15-27(40-31)35(23-7-3-1-4-8-23)29-17-21-33(42-29)38(47-26-13-11-25(12-14-26)44(45)46)34-22-18-30(43-34)36(24-9-5-2-6-10-24)28-16-20-32(37)41-28/h1-22,40-41H. The monoisotopic (exact) mass is 677 g/mol. The number of aromatic amines is 2. The van der Waals surface area contributed by atoms with Crippen molar-refractivity contribution in [3.63, 3.8) is 0 Å². The van der Waals surface area contributed by atoms with Crippen LogP contribution in [0.4, 0.5) is 5.69 Å². The summed E-state index contributed by atoms with van der Waals surface area (Å²) in [7, 11) is 0. The molecule has 2 aliphatic heterocycles. The zero-order valence-electron chi connectivity index (χ0n) is 24.6. The number of H-pyrrole nitrogens is 2. The summed E-state index contributed by atoms with van der Waals surface area (Å²) < 4.78 is 7.36. The Morgan fingerprint density at radius 3 is 1.49 bits per heavy atom. The van der Waals surface area contributed by atoms with Crippen LogP contribution in [0.3, 0.4) is 0 Å². The van der Waals surface area contributed by atoms with E-state index in [0.717, 1.165) is 60.2 Å². The van der Waals surface area contributed by atoms with Crippen LogP contribution in [0, 0.1) is 10.1 Å². The summed E-state index contributed by atoms with van der Waals surface area (Å²) in [5, 5.41) is 11.3. The summed E-state index contributed by atoms with van der Waals surface area (Å²) in [4.78, 5) is 28.3. The highest BCUT2D eigenvalue weighted by Crippen LogP contribution is 2.38. The number of nitro groups is 1. The molecular weight excluding hydrogens is 654 g/mol. The van der Waals surface area contributed by atoms with E-state index in [-0.39, 0.29) is 5.69 Å². The molecule has 8 rings (SSSR count). The van der Waals surface area contributed by atoms with Crippen molar-refractivity contribution in [1.29, 1.82) is 0 Å². The molecule has 0 saturated carbocycles. The maximum absolute atomic E-state index is 11.3. The van der Waals surface area contributed by atoms with Crippen LogP contribution in [0.1, 0.15) is 22.8 Å². The summed E-state index contributed by atoms with van der Waals surface area (Å²) in [5.74, 6) is 0.857. The lowest BCUT2D eigenvalue weighted by Crippen LogP contribution is -1.93. The second-order valence-electron chi connectivity index (χ2n) is 11.0. The van der Waals surface area contributed by atoms with E-state index < -0.39 is 4.92 Å². The topological polar surface area (TPSA) is 110 Å². The van der Waals surface area contributed by atoms with Gasteiger partial charge in [0.1, 0.15) is 17.1 Å². The number of nitrogens with zero attached hydrogens (tertiary/aromatic N) is 3. The van der Waals surface area contributed by atoms with Crippen molar-refractivity contribution in [3.05, 3.63) is 147 Å². The number of rotatable bonds is 5. The van der Waals surface area contributed by atoms with Gasteiger partial charge in [-0.3, -0.25) is 10.1 Å². The van der Waals surface area contributed by atoms with E-state index in [1.54, 1.807) is 12.1 Å². The van der Waals surface area contributed by atoms with Gasteiger partial charge in [0, 0.05) is 34.3 Å². The van der Waals surface area contributed by atoms with Gasteiger partial charge in [0.2, 0.25) is 0 Å².